The number of hydrogen-bond donors (Lipinski definition) is 3. The van der Waals surface area contributed by atoms with E-state index in [-0.39, 0.29) is 18.5 Å². The van der Waals surface area contributed by atoms with E-state index in [1.54, 1.807) is 0 Å². The van der Waals surface area contributed by atoms with Crippen molar-refractivity contribution >= 4 is 11.9 Å². The first kappa shape index (κ1) is 83.6. The Morgan fingerprint density at radius 1 is 0.318 bits per heavy atom. The summed E-state index contributed by atoms with van der Waals surface area (Å²) in [4.78, 5) is 24.7. The van der Waals surface area contributed by atoms with Crippen molar-refractivity contribution in [3.8, 4) is 0 Å². The van der Waals surface area contributed by atoms with Gasteiger partial charge in [0.05, 0.1) is 25.4 Å². The van der Waals surface area contributed by atoms with E-state index in [1.807, 2.05) is 0 Å². The van der Waals surface area contributed by atoms with Crippen molar-refractivity contribution in [1.82, 2.24) is 5.32 Å². The van der Waals surface area contributed by atoms with Crippen LogP contribution in [0.5, 0.6) is 0 Å². The predicted molar refractivity (Wildman–Crippen MR) is 375 cm³/mol. The van der Waals surface area contributed by atoms with Gasteiger partial charge in [-0.2, -0.15) is 0 Å². The Hall–Kier alpha value is -1.40. The highest BCUT2D eigenvalue weighted by Crippen LogP contribution is 2.20. The van der Waals surface area contributed by atoms with Gasteiger partial charge < -0.3 is 20.3 Å². The summed E-state index contributed by atoms with van der Waals surface area (Å²) in [6.07, 6.45) is 94.4. The zero-order chi connectivity index (χ0) is 61.3. The van der Waals surface area contributed by atoms with Crippen molar-refractivity contribution in [2.75, 3.05) is 13.2 Å². The average molecular weight is 1200 g/mol. The normalized spacial score (nSPS) is 12.5. The molecule has 0 rings (SSSR count). The molecule has 0 aliphatic carbocycles. The van der Waals surface area contributed by atoms with E-state index in [4.69, 9.17) is 4.74 Å². The third-order valence-corrected chi connectivity index (χ3v) is 18.8. The van der Waals surface area contributed by atoms with E-state index < -0.39 is 12.1 Å². The number of rotatable bonds is 75. The van der Waals surface area contributed by atoms with Crippen molar-refractivity contribution in [2.24, 2.45) is 0 Å². The van der Waals surface area contributed by atoms with Gasteiger partial charge in [-0.3, -0.25) is 9.59 Å². The molecule has 2 unspecified atom stereocenters. The minimum absolute atomic E-state index is 0.0234. The second-order valence-corrected chi connectivity index (χ2v) is 27.4. The maximum atomic E-state index is 12.6. The Bertz CT molecular complexity index is 1290. The summed E-state index contributed by atoms with van der Waals surface area (Å²) < 4.78 is 5.51. The molecular formula is C79H155NO5. The van der Waals surface area contributed by atoms with Crippen LogP contribution in [0.15, 0.2) is 12.2 Å². The minimum Gasteiger partial charge on any atom is -0.466 e. The molecule has 506 valence electrons. The molecule has 2 atom stereocenters. The van der Waals surface area contributed by atoms with Crippen molar-refractivity contribution in [2.45, 2.75) is 469 Å². The summed E-state index contributed by atoms with van der Waals surface area (Å²) in [7, 11) is 0. The molecule has 0 aromatic heterocycles. The monoisotopic (exact) mass is 1200 g/mol. The van der Waals surface area contributed by atoms with Gasteiger partial charge in [-0.15, -0.1) is 0 Å². The van der Waals surface area contributed by atoms with Crippen LogP contribution in [-0.2, 0) is 14.3 Å². The number of ether oxygens (including phenoxy) is 1. The van der Waals surface area contributed by atoms with Crippen LogP contribution in [0.4, 0.5) is 0 Å². The maximum absolute atomic E-state index is 12.6. The number of carbonyl (C=O) groups excluding carboxylic acids is 2. The molecule has 85 heavy (non-hydrogen) atoms. The van der Waals surface area contributed by atoms with E-state index in [0.717, 1.165) is 38.5 Å². The van der Waals surface area contributed by atoms with Gasteiger partial charge >= 0.3 is 5.97 Å². The van der Waals surface area contributed by atoms with E-state index >= 15 is 0 Å². The number of allylic oxidation sites excluding steroid dienone is 2. The van der Waals surface area contributed by atoms with Crippen molar-refractivity contribution in [1.29, 1.82) is 0 Å². The van der Waals surface area contributed by atoms with Crippen molar-refractivity contribution in [3.63, 3.8) is 0 Å². The molecule has 6 heteroatoms. The van der Waals surface area contributed by atoms with Gasteiger partial charge in [0, 0.05) is 12.8 Å². The third kappa shape index (κ3) is 71.6. The lowest BCUT2D eigenvalue weighted by Gasteiger charge is -2.22. The average Bonchev–Trinajstić information content (AvgIpc) is 3.50. The lowest BCUT2D eigenvalue weighted by molar-refractivity contribution is -0.143. The molecule has 0 spiro atoms. The highest BCUT2D eigenvalue weighted by molar-refractivity contribution is 5.76. The smallest absolute Gasteiger partial charge is 0.305 e. The van der Waals surface area contributed by atoms with Gasteiger partial charge in [0.1, 0.15) is 0 Å². The fourth-order valence-electron chi connectivity index (χ4n) is 12.8. The summed E-state index contributed by atoms with van der Waals surface area (Å²) in [5.41, 5.74) is 0. The molecular weight excluding hydrogens is 1040 g/mol. The van der Waals surface area contributed by atoms with Crippen LogP contribution in [0.2, 0.25) is 0 Å². The topological polar surface area (TPSA) is 95.9 Å². The number of carbonyl (C=O) groups is 2. The van der Waals surface area contributed by atoms with Gasteiger partial charge in [-0.25, -0.2) is 0 Å². The van der Waals surface area contributed by atoms with Crippen LogP contribution < -0.4 is 5.32 Å². The molecule has 0 bridgehead atoms. The molecule has 0 heterocycles. The van der Waals surface area contributed by atoms with Crippen LogP contribution in [0.3, 0.4) is 0 Å². The summed E-state index contributed by atoms with van der Waals surface area (Å²) in [6, 6.07) is -0.539. The Morgan fingerprint density at radius 3 is 0.835 bits per heavy atom. The number of nitrogens with one attached hydrogen (secondary N) is 1. The number of aliphatic hydroxyl groups excluding tert-OH is 2. The Balaban J connectivity index is 3.33. The quantitative estimate of drug-likeness (QED) is 0.0320. The molecule has 0 aliphatic rings. The number of unbranched alkanes of at least 4 members (excludes halogenated alkanes) is 62. The molecule has 0 saturated carbocycles. The predicted octanol–water partition coefficient (Wildman–Crippen LogP) is 25.9. The Kier molecular flexibility index (Phi) is 73.8. The van der Waals surface area contributed by atoms with Gasteiger partial charge in [-0.05, 0) is 51.4 Å². The van der Waals surface area contributed by atoms with E-state index in [2.05, 4.69) is 31.3 Å². The fourth-order valence-corrected chi connectivity index (χ4v) is 12.8. The summed E-state index contributed by atoms with van der Waals surface area (Å²) in [6.45, 7) is 5.01. The molecule has 3 N–H and O–H groups in total. The molecule has 0 aromatic carbocycles. The first-order valence-corrected chi connectivity index (χ1v) is 39.4. The highest BCUT2D eigenvalue weighted by Gasteiger charge is 2.20. The lowest BCUT2D eigenvalue weighted by atomic mass is 10.0. The second-order valence-electron chi connectivity index (χ2n) is 27.4. The number of amides is 1. The summed E-state index contributed by atoms with van der Waals surface area (Å²) in [5, 5.41) is 23.4. The third-order valence-electron chi connectivity index (χ3n) is 18.8. The van der Waals surface area contributed by atoms with Crippen LogP contribution in [0.1, 0.15) is 457 Å². The lowest BCUT2D eigenvalue weighted by Crippen LogP contribution is -2.45. The second kappa shape index (κ2) is 75.1. The minimum atomic E-state index is -0.662. The fraction of sp³-hybridized carbons (Fsp3) is 0.949. The molecule has 0 fully saturated rings. The molecule has 0 aromatic rings. The Morgan fingerprint density at radius 2 is 0.553 bits per heavy atom. The van der Waals surface area contributed by atoms with Crippen LogP contribution in [0, 0.1) is 0 Å². The van der Waals surface area contributed by atoms with Gasteiger partial charge in [0.15, 0.2) is 0 Å². The first-order chi connectivity index (χ1) is 42.0. The van der Waals surface area contributed by atoms with Crippen molar-refractivity contribution in [3.05, 3.63) is 12.2 Å². The van der Waals surface area contributed by atoms with E-state index in [9.17, 15) is 19.8 Å². The standard InChI is InChI=1S/C79H155NO5/c1-3-5-7-9-11-13-15-17-19-21-37-40-43-47-51-55-59-63-67-71-77(82)76(75-81)80-78(83)72-68-64-60-56-52-48-44-41-38-35-33-31-29-27-25-23-22-24-26-28-30-32-34-36-39-42-46-50-54-58-62-66-70-74-85-79(84)73-69-65-61-57-53-49-45-20-18-16-14-12-10-8-6-4-2/h26,28,76-77,81-82H,3-25,27,29-75H2,1-2H3,(H,80,83)/b28-26-. The van der Waals surface area contributed by atoms with Gasteiger partial charge in [0.2, 0.25) is 5.91 Å². The van der Waals surface area contributed by atoms with Gasteiger partial charge in [-0.1, -0.05) is 405 Å². The SMILES string of the molecule is CCCCCCCCCCCCCCCCCCCCCC(O)C(CO)NC(=O)CCCCCCCCCCCCCCCCCCC/C=C\CCCCCCCCCCCCCCOC(=O)CCCCCCCCCCCCCCCCCC. The maximum Gasteiger partial charge on any atom is 0.305 e. The number of hydrogen-bond acceptors (Lipinski definition) is 5. The van der Waals surface area contributed by atoms with Crippen LogP contribution in [-0.4, -0.2) is 47.4 Å². The van der Waals surface area contributed by atoms with Crippen LogP contribution in [0.25, 0.3) is 0 Å². The molecule has 0 saturated heterocycles. The Labute approximate surface area is 533 Å². The molecule has 0 radical (unpaired) electrons. The summed E-state index contributed by atoms with van der Waals surface area (Å²) in [5.74, 6) is -0.00328. The zero-order valence-electron chi connectivity index (χ0n) is 58.1. The zero-order valence-corrected chi connectivity index (χ0v) is 58.1. The van der Waals surface area contributed by atoms with Gasteiger partial charge in [0.25, 0.3) is 0 Å². The molecule has 1 amide bonds. The van der Waals surface area contributed by atoms with Crippen LogP contribution >= 0.6 is 0 Å². The number of aliphatic hydroxyl groups is 2. The molecule has 0 aliphatic heterocycles. The number of esters is 1. The highest BCUT2D eigenvalue weighted by atomic mass is 16.5. The largest absolute Gasteiger partial charge is 0.466 e. The van der Waals surface area contributed by atoms with Crippen molar-refractivity contribution < 1.29 is 24.5 Å². The first-order valence-electron chi connectivity index (χ1n) is 39.4. The summed E-state index contributed by atoms with van der Waals surface area (Å²) >= 11 is 0. The molecule has 6 nitrogen and oxygen atoms in total. The van der Waals surface area contributed by atoms with E-state index in [0.29, 0.717) is 25.9 Å². The van der Waals surface area contributed by atoms with E-state index in [1.165, 1.54) is 385 Å².